The van der Waals surface area contributed by atoms with Crippen molar-refractivity contribution in [3.05, 3.63) is 42.5 Å². The molecule has 1 fully saturated rings. The van der Waals surface area contributed by atoms with Gasteiger partial charge in [-0.05, 0) is 24.8 Å². The van der Waals surface area contributed by atoms with Gasteiger partial charge >= 0.3 is 0 Å². The molecule has 0 spiro atoms. The third kappa shape index (κ3) is 2.53. The molecule has 2 nitrogen and oxygen atoms in total. The molecule has 1 aliphatic rings. The molecule has 3 heteroatoms. The molecular weight excluding hydrogens is 276 g/mol. The fourth-order valence-electron chi connectivity index (χ4n) is 3.60. The number of benzene rings is 2. The molecule has 1 saturated heterocycles. The van der Waals surface area contributed by atoms with E-state index in [-0.39, 0.29) is 5.54 Å². The molecule has 0 saturated carbocycles. The molecule has 0 aromatic heterocycles. The van der Waals surface area contributed by atoms with Crippen LogP contribution in [0.1, 0.15) is 20.3 Å². The first-order valence-electron chi connectivity index (χ1n) is 7.77. The van der Waals surface area contributed by atoms with Crippen molar-refractivity contribution in [2.75, 3.05) is 23.7 Å². The summed E-state index contributed by atoms with van der Waals surface area (Å²) in [5.74, 6) is 1.13. The summed E-state index contributed by atoms with van der Waals surface area (Å²) in [5.41, 5.74) is 7.66. The summed E-state index contributed by atoms with van der Waals surface area (Å²) < 4.78 is 0. The smallest absolute Gasteiger partial charge is 0.0624 e. The lowest BCUT2D eigenvalue weighted by atomic mass is 9.92. The van der Waals surface area contributed by atoms with Gasteiger partial charge in [0.25, 0.3) is 0 Å². The maximum atomic E-state index is 6.23. The van der Waals surface area contributed by atoms with Crippen molar-refractivity contribution in [2.24, 2.45) is 5.73 Å². The predicted molar refractivity (Wildman–Crippen MR) is 95.3 cm³/mol. The summed E-state index contributed by atoms with van der Waals surface area (Å²) >= 11 is 2.05. The van der Waals surface area contributed by atoms with Crippen LogP contribution in [0.3, 0.4) is 0 Å². The van der Waals surface area contributed by atoms with Crippen molar-refractivity contribution in [1.29, 1.82) is 0 Å². The highest BCUT2D eigenvalue weighted by Crippen LogP contribution is 2.41. The first-order valence-corrected chi connectivity index (χ1v) is 8.82. The molecule has 2 N–H and O–H groups in total. The lowest BCUT2D eigenvalue weighted by molar-refractivity contribution is 0.431. The Morgan fingerprint density at radius 2 is 2.00 bits per heavy atom. The molecule has 0 amide bonds. The maximum Gasteiger partial charge on any atom is 0.0624 e. The summed E-state index contributed by atoms with van der Waals surface area (Å²) in [6.45, 7) is 6.28. The van der Waals surface area contributed by atoms with Crippen LogP contribution in [0, 0.1) is 0 Å². The molecule has 21 heavy (non-hydrogen) atoms. The molecule has 3 rings (SSSR count). The molecule has 1 heterocycles. The molecule has 2 unspecified atom stereocenters. The van der Waals surface area contributed by atoms with Crippen molar-refractivity contribution in [3.63, 3.8) is 0 Å². The number of thioether (sulfide) groups is 1. The van der Waals surface area contributed by atoms with Crippen LogP contribution in [-0.2, 0) is 0 Å². The third-order valence-electron chi connectivity index (χ3n) is 4.63. The second kappa shape index (κ2) is 5.90. The number of rotatable bonds is 4. The van der Waals surface area contributed by atoms with E-state index < -0.39 is 0 Å². The van der Waals surface area contributed by atoms with Crippen LogP contribution in [0.15, 0.2) is 42.5 Å². The molecule has 0 radical (unpaired) electrons. The molecule has 2 aromatic carbocycles. The fourth-order valence-corrected chi connectivity index (χ4v) is 5.01. The Kier molecular flexibility index (Phi) is 4.14. The molecule has 2 aromatic rings. The lowest BCUT2D eigenvalue weighted by Gasteiger charge is -2.42. The Morgan fingerprint density at radius 3 is 2.67 bits per heavy atom. The number of likely N-dealkylation sites (N-methyl/N-ethyl adjacent to an activating group) is 1. The monoisotopic (exact) mass is 300 g/mol. The van der Waals surface area contributed by atoms with E-state index in [9.17, 15) is 0 Å². The molecule has 1 aliphatic heterocycles. The Bertz CT molecular complexity index is 622. The maximum absolute atomic E-state index is 6.23. The third-order valence-corrected chi connectivity index (χ3v) is 6.07. The highest BCUT2D eigenvalue weighted by molar-refractivity contribution is 8.00. The summed E-state index contributed by atoms with van der Waals surface area (Å²) in [7, 11) is 0. The van der Waals surface area contributed by atoms with E-state index in [1.807, 2.05) is 0 Å². The second-order valence-corrected chi connectivity index (χ2v) is 7.42. The number of fused-ring (bicyclic) bond motifs is 1. The van der Waals surface area contributed by atoms with Gasteiger partial charge in [0.05, 0.1) is 5.54 Å². The zero-order valence-corrected chi connectivity index (χ0v) is 13.7. The summed E-state index contributed by atoms with van der Waals surface area (Å²) in [6, 6.07) is 15.2. The van der Waals surface area contributed by atoms with Crippen molar-refractivity contribution < 1.29 is 0 Å². The van der Waals surface area contributed by atoms with Gasteiger partial charge in [0.1, 0.15) is 0 Å². The zero-order chi connectivity index (χ0) is 14.9. The van der Waals surface area contributed by atoms with E-state index in [2.05, 4.69) is 73.0 Å². The van der Waals surface area contributed by atoms with Crippen LogP contribution in [0.5, 0.6) is 0 Å². The average molecular weight is 300 g/mol. The van der Waals surface area contributed by atoms with Gasteiger partial charge in [-0.3, -0.25) is 0 Å². The summed E-state index contributed by atoms with van der Waals surface area (Å²) in [4.78, 5) is 2.55. The first-order chi connectivity index (χ1) is 10.2. The minimum absolute atomic E-state index is 0.100. The Hall–Kier alpha value is -1.19. The molecule has 0 bridgehead atoms. The lowest BCUT2D eigenvalue weighted by Crippen LogP contribution is -2.54. The van der Waals surface area contributed by atoms with E-state index >= 15 is 0 Å². The van der Waals surface area contributed by atoms with E-state index in [1.54, 1.807) is 0 Å². The van der Waals surface area contributed by atoms with E-state index in [4.69, 9.17) is 5.73 Å². The number of hydrogen-bond donors (Lipinski definition) is 1. The predicted octanol–water partition coefficient (Wildman–Crippen LogP) is 3.89. The normalized spacial score (nSPS) is 25.4. The standard InChI is InChI=1S/C18H24N2S/c1-3-20(18(12-19)11-14(2)21-13-18)17-10-6-8-15-7-4-5-9-16(15)17/h4-10,14H,3,11-13,19H2,1-2H3. The van der Waals surface area contributed by atoms with Crippen molar-refractivity contribution >= 4 is 28.2 Å². The zero-order valence-electron chi connectivity index (χ0n) is 12.9. The largest absolute Gasteiger partial charge is 0.363 e. The molecule has 2 atom stereocenters. The molecular formula is C18H24N2S. The second-order valence-electron chi connectivity index (χ2n) is 6.00. The number of hydrogen-bond acceptors (Lipinski definition) is 3. The van der Waals surface area contributed by atoms with Crippen LogP contribution >= 0.6 is 11.8 Å². The van der Waals surface area contributed by atoms with Gasteiger partial charge in [0.15, 0.2) is 0 Å². The molecule has 0 aliphatic carbocycles. The highest BCUT2D eigenvalue weighted by Gasteiger charge is 2.41. The van der Waals surface area contributed by atoms with Crippen LogP contribution in [0.25, 0.3) is 10.8 Å². The van der Waals surface area contributed by atoms with Gasteiger partial charge in [0, 0.05) is 35.2 Å². The molecule has 112 valence electrons. The fraction of sp³-hybridized carbons (Fsp3) is 0.444. The van der Waals surface area contributed by atoms with Gasteiger partial charge in [-0.2, -0.15) is 11.8 Å². The van der Waals surface area contributed by atoms with Gasteiger partial charge in [-0.25, -0.2) is 0 Å². The first kappa shape index (κ1) is 14.7. The number of nitrogens with two attached hydrogens (primary N) is 1. The van der Waals surface area contributed by atoms with Gasteiger partial charge < -0.3 is 10.6 Å². The van der Waals surface area contributed by atoms with Crippen molar-refractivity contribution in [1.82, 2.24) is 0 Å². The van der Waals surface area contributed by atoms with Gasteiger partial charge in [-0.15, -0.1) is 0 Å². The average Bonchev–Trinajstić information content (AvgIpc) is 2.91. The van der Waals surface area contributed by atoms with Gasteiger partial charge in [-0.1, -0.05) is 43.3 Å². The van der Waals surface area contributed by atoms with E-state index in [1.165, 1.54) is 22.9 Å². The van der Waals surface area contributed by atoms with Crippen molar-refractivity contribution in [3.8, 4) is 0 Å². The Balaban J connectivity index is 2.10. The quantitative estimate of drug-likeness (QED) is 0.929. The summed E-state index contributed by atoms with van der Waals surface area (Å²) in [5, 5.41) is 3.33. The minimum atomic E-state index is 0.100. The van der Waals surface area contributed by atoms with Crippen LogP contribution in [0.4, 0.5) is 5.69 Å². The van der Waals surface area contributed by atoms with Crippen molar-refractivity contribution in [2.45, 2.75) is 31.1 Å². The highest BCUT2D eigenvalue weighted by atomic mass is 32.2. The Morgan fingerprint density at radius 1 is 1.24 bits per heavy atom. The van der Waals surface area contributed by atoms with E-state index in [0.29, 0.717) is 5.25 Å². The Labute approximate surface area is 131 Å². The number of anilines is 1. The number of nitrogens with zero attached hydrogens (tertiary/aromatic N) is 1. The van der Waals surface area contributed by atoms with Crippen LogP contribution in [-0.4, -0.2) is 29.6 Å². The van der Waals surface area contributed by atoms with E-state index in [0.717, 1.165) is 18.8 Å². The van der Waals surface area contributed by atoms with Crippen LogP contribution in [0.2, 0.25) is 0 Å². The minimum Gasteiger partial charge on any atom is -0.363 e. The topological polar surface area (TPSA) is 29.3 Å². The summed E-state index contributed by atoms with van der Waals surface area (Å²) in [6.07, 6.45) is 1.17. The van der Waals surface area contributed by atoms with Gasteiger partial charge in [0.2, 0.25) is 0 Å². The van der Waals surface area contributed by atoms with Crippen LogP contribution < -0.4 is 10.6 Å². The SMILES string of the molecule is CCN(c1cccc2ccccc12)C1(CN)CSC(C)C1.